The van der Waals surface area contributed by atoms with E-state index in [1.807, 2.05) is 42.5 Å². The minimum Gasteiger partial charge on any atom is -0.489 e. The second-order valence-corrected chi connectivity index (χ2v) is 11.9. The summed E-state index contributed by atoms with van der Waals surface area (Å²) in [6, 6.07) is 28.7. The van der Waals surface area contributed by atoms with E-state index in [9.17, 15) is 24.5 Å². The van der Waals surface area contributed by atoms with Gasteiger partial charge >= 0.3 is 17.9 Å². The predicted octanol–water partition coefficient (Wildman–Crippen LogP) is 7.25. The second kappa shape index (κ2) is 14.5. The van der Waals surface area contributed by atoms with Gasteiger partial charge in [0.1, 0.15) is 24.6 Å². The average Bonchev–Trinajstić information content (AvgIpc) is 3.61. The molecule has 2 aliphatic rings. The van der Waals surface area contributed by atoms with Gasteiger partial charge in [0.2, 0.25) is 0 Å². The van der Waals surface area contributed by atoms with E-state index in [-0.39, 0.29) is 36.2 Å². The smallest absolute Gasteiger partial charge is 0.338 e. The Kier molecular flexibility index (Phi) is 9.82. The van der Waals surface area contributed by atoms with E-state index in [1.165, 1.54) is 24.3 Å². The number of ether oxygens (including phenoxy) is 4. The lowest BCUT2D eigenvalue weighted by molar-refractivity contribution is -0.384. The van der Waals surface area contributed by atoms with Crippen LogP contribution in [-0.4, -0.2) is 47.8 Å². The fourth-order valence-electron chi connectivity index (χ4n) is 5.97. The van der Waals surface area contributed by atoms with Crippen LogP contribution >= 0.6 is 11.6 Å². The molecule has 0 radical (unpaired) electrons. The van der Waals surface area contributed by atoms with Crippen LogP contribution < -0.4 is 4.74 Å². The molecular formula is C37H30ClNO9. The van der Waals surface area contributed by atoms with Crippen LogP contribution in [0.2, 0.25) is 5.02 Å². The van der Waals surface area contributed by atoms with Crippen molar-refractivity contribution in [1.82, 2.24) is 0 Å². The number of hydrogen-bond donors (Lipinski definition) is 0. The molecule has 1 saturated heterocycles. The largest absolute Gasteiger partial charge is 0.489 e. The van der Waals surface area contributed by atoms with Gasteiger partial charge in [0.25, 0.3) is 5.69 Å². The van der Waals surface area contributed by atoms with E-state index in [4.69, 9.17) is 30.5 Å². The molecule has 1 heterocycles. The van der Waals surface area contributed by atoms with Crippen molar-refractivity contribution in [1.29, 1.82) is 0 Å². The quantitative estimate of drug-likeness (QED) is 0.0533. The SMILES string of the molecule is O=C1C[C@@H]2[C@@H](/C=C/[C@H](COc3cccc(Cl)c3)OC(=O)c3ccc([N+](=O)[O-])cc3)[C@H](OC(=O)c3ccc(-c4ccccc4)cc3)C[C@@H]2O1. The molecule has 4 aromatic rings. The molecule has 1 aliphatic heterocycles. The lowest BCUT2D eigenvalue weighted by atomic mass is 9.91. The highest BCUT2D eigenvalue weighted by molar-refractivity contribution is 6.30. The third-order valence-electron chi connectivity index (χ3n) is 8.37. The van der Waals surface area contributed by atoms with E-state index in [0.29, 0.717) is 22.8 Å². The Labute approximate surface area is 281 Å². The van der Waals surface area contributed by atoms with Crippen molar-refractivity contribution in [2.24, 2.45) is 11.8 Å². The van der Waals surface area contributed by atoms with Crippen molar-refractivity contribution in [3.63, 3.8) is 0 Å². The van der Waals surface area contributed by atoms with Gasteiger partial charge in [-0.3, -0.25) is 14.9 Å². The topological polar surface area (TPSA) is 131 Å². The number of non-ortho nitro benzene ring substituents is 1. The Morgan fingerprint density at radius 3 is 2.31 bits per heavy atom. The van der Waals surface area contributed by atoms with Gasteiger partial charge in [0, 0.05) is 35.4 Å². The first-order valence-corrected chi connectivity index (χ1v) is 15.7. The summed E-state index contributed by atoms with van der Waals surface area (Å²) < 4.78 is 23.2. The van der Waals surface area contributed by atoms with Crippen molar-refractivity contribution >= 4 is 35.2 Å². The van der Waals surface area contributed by atoms with E-state index in [1.54, 1.807) is 48.6 Å². The van der Waals surface area contributed by atoms with Crippen molar-refractivity contribution < 1.29 is 38.3 Å². The first-order chi connectivity index (χ1) is 23.2. The fourth-order valence-corrected chi connectivity index (χ4v) is 6.15. The third kappa shape index (κ3) is 7.72. The van der Waals surface area contributed by atoms with Crippen molar-refractivity contribution in [3.05, 3.63) is 142 Å². The summed E-state index contributed by atoms with van der Waals surface area (Å²) in [5, 5.41) is 11.5. The van der Waals surface area contributed by atoms with Crippen molar-refractivity contribution in [2.75, 3.05) is 6.61 Å². The van der Waals surface area contributed by atoms with Crippen LogP contribution in [0.15, 0.2) is 115 Å². The second-order valence-electron chi connectivity index (χ2n) is 11.5. The van der Waals surface area contributed by atoms with Crippen LogP contribution in [0.4, 0.5) is 5.69 Å². The summed E-state index contributed by atoms with van der Waals surface area (Å²) in [5.74, 6) is -1.76. The number of nitrogens with zero attached hydrogens (tertiary/aromatic N) is 1. The maximum atomic E-state index is 13.3. The molecule has 1 saturated carbocycles. The van der Waals surface area contributed by atoms with Crippen LogP contribution in [-0.2, 0) is 19.0 Å². The fraction of sp³-hybridized carbons (Fsp3) is 0.216. The summed E-state index contributed by atoms with van der Waals surface area (Å²) in [4.78, 5) is 49.0. The normalized spacial score (nSPS) is 20.5. The number of hydrogen-bond acceptors (Lipinski definition) is 9. The molecule has 244 valence electrons. The molecule has 10 nitrogen and oxygen atoms in total. The summed E-state index contributed by atoms with van der Waals surface area (Å²) in [6.45, 7) is -0.0932. The number of benzene rings is 4. The minimum atomic E-state index is -0.925. The summed E-state index contributed by atoms with van der Waals surface area (Å²) in [7, 11) is 0. The van der Waals surface area contributed by atoms with Crippen LogP contribution in [0.25, 0.3) is 11.1 Å². The molecule has 1 aliphatic carbocycles. The maximum absolute atomic E-state index is 13.3. The highest BCUT2D eigenvalue weighted by Gasteiger charge is 2.50. The molecule has 48 heavy (non-hydrogen) atoms. The van der Waals surface area contributed by atoms with Gasteiger partial charge < -0.3 is 18.9 Å². The van der Waals surface area contributed by atoms with Crippen molar-refractivity contribution in [3.8, 4) is 16.9 Å². The van der Waals surface area contributed by atoms with E-state index < -0.39 is 41.1 Å². The Bertz CT molecular complexity index is 1830. The molecule has 2 fully saturated rings. The monoisotopic (exact) mass is 667 g/mol. The standard InChI is InChI=1S/C37H30ClNO9/c38-27-7-4-8-29(19-27)45-22-30(46-36(41)26-13-15-28(16-14-26)39(43)44)17-18-31-32-20-35(40)47-34(32)21-33(31)48-37(42)25-11-9-24(10-12-25)23-5-2-1-3-6-23/h1-19,30-34H,20-22H2/b18-17+/t30-,31-,32-,33-,34+/m1/s1. The van der Waals surface area contributed by atoms with Gasteiger partial charge in [-0.2, -0.15) is 0 Å². The number of nitro groups is 1. The van der Waals surface area contributed by atoms with Gasteiger partial charge in [-0.05, 0) is 59.7 Å². The Morgan fingerprint density at radius 1 is 0.917 bits per heavy atom. The number of fused-ring (bicyclic) bond motifs is 1. The van der Waals surface area contributed by atoms with Gasteiger partial charge in [0.15, 0.2) is 6.10 Å². The van der Waals surface area contributed by atoms with Crippen LogP contribution in [0.5, 0.6) is 5.75 Å². The number of carbonyl (C=O) groups is 3. The highest BCUT2D eigenvalue weighted by atomic mass is 35.5. The van der Waals surface area contributed by atoms with Crippen molar-refractivity contribution in [2.45, 2.75) is 31.2 Å². The molecule has 5 atom stereocenters. The lowest BCUT2D eigenvalue weighted by Crippen LogP contribution is -2.27. The van der Waals surface area contributed by atoms with E-state index in [0.717, 1.165) is 11.1 Å². The highest BCUT2D eigenvalue weighted by Crippen LogP contribution is 2.44. The van der Waals surface area contributed by atoms with E-state index >= 15 is 0 Å². The summed E-state index contributed by atoms with van der Waals surface area (Å²) >= 11 is 6.10. The van der Waals surface area contributed by atoms with Gasteiger partial charge in [-0.15, -0.1) is 0 Å². The molecule has 0 amide bonds. The number of halogens is 1. The molecule has 0 bridgehead atoms. The summed E-state index contributed by atoms with van der Waals surface area (Å²) in [5.41, 5.74) is 2.32. The Morgan fingerprint density at radius 2 is 1.60 bits per heavy atom. The Hall–Kier alpha value is -5.48. The predicted molar refractivity (Wildman–Crippen MR) is 176 cm³/mol. The molecule has 0 unspecified atom stereocenters. The maximum Gasteiger partial charge on any atom is 0.338 e. The lowest BCUT2D eigenvalue weighted by Gasteiger charge is -2.21. The summed E-state index contributed by atoms with van der Waals surface area (Å²) in [6.07, 6.45) is 1.94. The zero-order chi connectivity index (χ0) is 33.6. The average molecular weight is 668 g/mol. The van der Waals surface area contributed by atoms with Gasteiger partial charge in [-0.1, -0.05) is 66.2 Å². The molecule has 4 aromatic carbocycles. The van der Waals surface area contributed by atoms with E-state index in [2.05, 4.69) is 0 Å². The first-order valence-electron chi connectivity index (χ1n) is 15.3. The third-order valence-corrected chi connectivity index (χ3v) is 8.60. The molecule has 0 aromatic heterocycles. The zero-order valence-corrected chi connectivity index (χ0v) is 26.2. The molecular weight excluding hydrogens is 638 g/mol. The number of carbonyl (C=O) groups excluding carboxylic acids is 3. The number of nitro benzene ring substituents is 1. The Balaban J connectivity index is 1.20. The molecule has 0 N–H and O–H groups in total. The molecule has 6 rings (SSSR count). The zero-order valence-electron chi connectivity index (χ0n) is 25.5. The number of rotatable bonds is 11. The number of esters is 3. The molecule has 0 spiro atoms. The van der Waals surface area contributed by atoms with Gasteiger partial charge in [0.05, 0.1) is 22.5 Å². The van der Waals surface area contributed by atoms with Crippen LogP contribution in [0.3, 0.4) is 0 Å². The van der Waals surface area contributed by atoms with Crippen LogP contribution in [0, 0.1) is 22.0 Å². The van der Waals surface area contributed by atoms with Gasteiger partial charge in [-0.25, -0.2) is 9.59 Å². The molecule has 11 heteroatoms. The van der Waals surface area contributed by atoms with Crippen LogP contribution in [0.1, 0.15) is 33.6 Å². The first kappa shape index (κ1) is 32.5. The minimum absolute atomic E-state index is 0.0932.